The fraction of sp³-hybridized carbons (Fsp3) is 0.389. The average Bonchev–Trinajstić information content (AvgIpc) is 2.98. The highest BCUT2D eigenvalue weighted by Crippen LogP contribution is 2.31. The van der Waals surface area contributed by atoms with Crippen molar-refractivity contribution in [3.63, 3.8) is 0 Å². The number of nitrogens with one attached hydrogen (secondary N) is 1. The number of benzene rings is 1. The minimum Gasteiger partial charge on any atom is -0.383 e. The molecule has 0 fully saturated rings. The van der Waals surface area contributed by atoms with E-state index in [1.54, 1.807) is 6.92 Å². The maximum Gasteiger partial charge on any atom is 0.416 e. The van der Waals surface area contributed by atoms with Crippen LogP contribution in [0.15, 0.2) is 29.1 Å². The van der Waals surface area contributed by atoms with E-state index in [-0.39, 0.29) is 22.6 Å². The summed E-state index contributed by atoms with van der Waals surface area (Å²) in [6, 6.07) is 3.42. The molecule has 12 heteroatoms. The van der Waals surface area contributed by atoms with Crippen molar-refractivity contribution in [1.82, 2.24) is 19.7 Å². The van der Waals surface area contributed by atoms with Gasteiger partial charge in [-0.2, -0.15) is 31.4 Å². The Morgan fingerprint density at radius 2 is 1.73 bits per heavy atom. The summed E-state index contributed by atoms with van der Waals surface area (Å²) in [4.78, 5) is 18.8. The van der Waals surface area contributed by atoms with Crippen molar-refractivity contribution in [2.45, 2.75) is 44.8 Å². The van der Waals surface area contributed by atoms with Crippen LogP contribution in [-0.2, 0) is 12.6 Å². The summed E-state index contributed by atoms with van der Waals surface area (Å²) in [6.07, 6.45) is -13.2. The molecule has 0 saturated carbocycles. The van der Waals surface area contributed by atoms with Crippen molar-refractivity contribution in [3.05, 3.63) is 57.3 Å². The molecule has 2 N–H and O–H groups in total. The second kappa shape index (κ2) is 7.42. The first-order valence-electron chi connectivity index (χ1n) is 8.69. The van der Waals surface area contributed by atoms with Gasteiger partial charge in [-0.25, -0.2) is 9.67 Å². The molecule has 0 bridgehead atoms. The van der Waals surface area contributed by atoms with E-state index < -0.39 is 42.0 Å². The monoisotopic (exact) mass is 434 g/mol. The molecule has 0 spiro atoms. The Balaban J connectivity index is 2.10. The number of hydrogen-bond acceptors (Lipinski definition) is 4. The van der Waals surface area contributed by atoms with E-state index >= 15 is 0 Å². The van der Waals surface area contributed by atoms with Gasteiger partial charge in [-0.15, -0.1) is 0 Å². The molecule has 6 nitrogen and oxygen atoms in total. The van der Waals surface area contributed by atoms with Gasteiger partial charge in [0, 0.05) is 6.42 Å². The van der Waals surface area contributed by atoms with Crippen LogP contribution in [0.2, 0.25) is 0 Å². The van der Waals surface area contributed by atoms with E-state index in [9.17, 15) is 36.2 Å². The van der Waals surface area contributed by atoms with Gasteiger partial charge in [0.2, 0.25) is 0 Å². The Kier molecular flexibility index (Phi) is 5.39. The highest BCUT2D eigenvalue weighted by molar-refractivity contribution is 5.77. The molecule has 0 unspecified atom stereocenters. The number of aryl methyl sites for hydroxylation is 1. The van der Waals surface area contributed by atoms with Gasteiger partial charge in [0.1, 0.15) is 11.2 Å². The predicted octanol–water partition coefficient (Wildman–Crippen LogP) is 3.52. The zero-order valence-corrected chi connectivity index (χ0v) is 15.6. The average molecular weight is 434 g/mol. The van der Waals surface area contributed by atoms with E-state index in [0.29, 0.717) is 5.56 Å². The van der Waals surface area contributed by atoms with Crippen molar-refractivity contribution in [2.24, 2.45) is 0 Å². The van der Waals surface area contributed by atoms with Gasteiger partial charge >= 0.3 is 12.4 Å². The summed E-state index contributed by atoms with van der Waals surface area (Å²) in [5.41, 5.74) is -1.57. The summed E-state index contributed by atoms with van der Waals surface area (Å²) in [5, 5.41) is 13.2. The number of aromatic amines is 1. The van der Waals surface area contributed by atoms with E-state index in [4.69, 9.17) is 0 Å². The molecule has 0 amide bonds. The van der Waals surface area contributed by atoms with Gasteiger partial charge in [-0.3, -0.25) is 4.79 Å². The fourth-order valence-corrected chi connectivity index (χ4v) is 3.03. The van der Waals surface area contributed by atoms with Crippen LogP contribution < -0.4 is 5.56 Å². The summed E-state index contributed by atoms with van der Waals surface area (Å²) in [6.45, 7) is 3.02. The molecule has 2 heterocycles. The molecule has 3 rings (SSSR count). The normalized spacial score (nSPS) is 14.8. The second-order valence-electron chi connectivity index (χ2n) is 6.80. The largest absolute Gasteiger partial charge is 0.416 e. The van der Waals surface area contributed by atoms with Gasteiger partial charge in [-0.1, -0.05) is 12.1 Å². The van der Waals surface area contributed by atoms with Crippen molar-refractivity contribution in [2.75, 3.05) is 0 Å². The molecule has 162 valence electrons. The number of rotatable bonds is 4. The van der Waals surface area contributed by atoms with Crippen molar-refractivity contribution in [3.8, 4) is 0 Å². The molecule has 0 radical (unpaired) electrons. The highest BCUT2D eigenvalue weighted by Gasteiger charge is 2.39. The zero-order chi connectivity index (χ0) is 22.4. The number of H-pyrrole nitrogens is 1. The van der Waals surface area contributed by atoms with Gasteiger partial charge in [0.25, 0.3) is 5.56 Å². The van der Waals surface area contributed by atoms with Gasteiger partial charge in [0.15, 0.2) is 11.8 Å². The topological polar surface area (TPSA) is 83.8 Å². The van der Waals surface area contributed by atoms with Gasteiger partial charge in [0.05, 0.1) is 17.3 Å². The van der Waals surface area contributed by atoms with E-state index in [2.05, 4.69) is 15.1 Å². The van der Waals surface area contributed by atoms with E-state index in [0.717, 1.165) is 12.1 Å². The van der Waals surface area contributed by atoms with Crippen LogP contribution in [0.1, 0.15) is 35.6 Å². The number of aromatic nitrogens is 4. The lowest BCUT2D eigenvalue weighted by molar-refractivity contribution is -0.203. The van der Waals surface area contributed by atoms with Crippen LogP contribution >= 0.6 is 0 Å². The predicted molar refractivity (Wildman–Crippen MR) is 93.9 cm³/mol. The van der Waals surface area contributed by atoms with Crippen LogP contribution in [0, 0.1) is 6.92 Å². The van der Waals surface area contributed by atoms with Crippen molar-refractivity contribution < 1.29 is 31.4 Å². The lowest BCUT2D eigenvalue weighted by Gasteiger charge is -2.15. The molecule has 2 aromatic heterocycles. The Morgan fingerprint density at radius 1 is 1.13 bits per heavy atom. The second-order valence-corrected chi connectivity index (χ2v) is 6.80. The Hall–Kier alpha value is -2.89. The number of alkyl halides is 6. The van der Waals surface area contributed by atoms with Crippen molar-refractivity contribution in [1.29, 1.82) is 0 Å². The first-order chi connectivity index (χ1) is 13.8. The number of fused-ring (bicyclic) bond motifs is 1. The fourth-order valence-electron chi connectivity index (χ4n) is 3.03. The van der Waals surface area contributed by atoms with Crippen LogP contribution in [0.5, 0.6) is 0 Å². The summed E-state index contributed by atoms with van der Waals surface area (Å²) in [7, 11) is 0. The Labute approximate surface area is 165 Å². The minimum atomic E-state index is -4.92. The number of hydrogen-bond donors (Lipinski definition) is 2. The number of aliphatic hydroxyl groups is 1. The van der Waals surface area contributed by atoms with Crippen LogP contribution in [0.3, 0.4) is 0 Å². The first-order valence-corrected chi connectivity index (χ1v) is 8.69. The summed E-state index contributed by atoms with van der Waals surface area (Å²) >= 11 is 0. The van der Waals surface area contributed by atoms with Crippen LogP contribution in [-0.4, -0.2) is 37.1 Å². The quantitative estimate of drug-likeness (QED) is 0.616. The molecule has 0 saturated heterocycles. The summed E-state index contributed by atoms with van der Waals surface area (Å²) < 4.78 is 77.9. The van der Waals surface area contributed by atoms with E-state index in [1.165, 1.54) is 23.7 Å². The van der Waals surface area contributed by atoms with Crippen LogP contribution in [0.4, 0.5) is 26.3 Å². The van der Waals surface area contributed by atoms with Crippen LogP contribution in [0.25, 0.3) is 11.0 Å². The number of aliphatic hydroxyl groups excluding tert-OH is 1. The Bertz CT molecular complexity index is 1120. The zero-order valence-electron chi connectivity index (χ0n) is 15.6. The third-order valence-electron chi connectivity index (χ3n) is 4.60. The first kappa shape index (κ1) is 21.8. The molecular weight excluding hydrogens is 418 g/mol. The molecule has 3 aromatic rings. The highest BCUT2D eigenvalue weighted by atomic mass is 19.4. The van der Waals surface area contributed by atoms with Gasteiger partial charge < -0.3 is 10.1 Å². The Morgan fingerprint density at radius 3 is 2.27 bits per heavy atom. The molecule has 30 heavy (non-hydrogen) atoms. The molecule has 0 aliphatic rings. The standard InChI is InChI=1S/C18H16F6N4O2/c1-8(10-3-5-11(6-4-10)17(19,20)21)28-15-14(16(30)26-9(2)25-15)12(27-28)7-13(29)18(22,23)24/h3-6,8,13,29H,7H2,1-2H3,(H,25,26,30)/t8-,13+/m1/s1. The lowest BCUT2D eigenvalue weighted by atomic mass is 10.1. The number of halogens is 6. The molecular formula is C18H16F6N4O2. The van der Waals surface area contributed by atoms with Gasteiger partial charge in [-0.05, 0) is 31.5 Å². The molecule has 1 aromatic carbocycles. The molecule has 2 atom stereocenters. The third-order valence-corrected chi connectivity index (χ3v) is 4.60. The molecule has 0 aliphatic carbocycles. The smallest absolute Gasteiger partial charge is 0.383 e. The molecule has 0 aliphatic heterocycles. The SMILES string of the molecule is Cc1nc2c(c(C[C@H](O)C(F)(F)F)nn2[C@H](C)c2ccc(C(F)(F)F)cc2)c(=O)[nH]1. The summed E-state index contributed by atoms with van der Waals surface area (Å²) in [5.74, 6) is 0.177. The minimum absolute atomic E-state index is 0.0342. The number of nitrogens with zero attached hydrogens (tertiary/aromatic N) is 3. The third kappa shape index (κ3) is 4.18. The van der Waals surface area contributed by atoms with Crippen molar-refractivity contribution >= 4 is 11.0 Å². The maximum atomic E-state index is 12.8. The lowest BCUT2D eigenvalue weighted by Crippen LogP contribution is -2.31. The van der Waals surface area contributed by atoms with E-state index in [1.807, 2.05) is 0 Å². The maximum absolute atomic E-state index is 12.8.